The summed E-state index contributed by atoms with van der Waals surface area (Å²) in [6.07, 6.45) is -0.773. The summed E-state index contributed by atoms with van der Waals surface area (Å²) in [6.45, 7) is 0. The van der Waals surface area contributed by atoms with Crippen molar-refractivity contribution in [3.8, 4) is 6.07 Å². The van der Waals surface area contributed by atoms with Gasteiger partial charge in [0.25, 0.3) is 0 Å². The smallest absolute Gasteiger partial charge is 0.104 e. The Morgan fingerprint density at radius 3 is 2.30 bits per heavy atom. The number of nitriles is 1. The molecule has 0 aliphatic heterocycles. The first-order valence-electron chi connectivity index (χ1n) is 8.35. The van der Waals surface area contributed by atoms with Crippen LogP contribution in [-0.4, -0.2) is 5.11 Å². The summed E-state index contributed by atoms with van der Waals surface area (Å²) in [5, 5.41) is 20.6. The summed E-state index contributed by atoms with van der Waals surface area (Å²) in [5.74, 6) is 0. The molecular formula is C22H19N3OS. The van der Waals surface area contributed by atoms with Crippen molar-refractivity contribution in [1.29, 1.82) is 5.26 Å². The first kappa shape index (κ1) is 18.6. The maximum atomic E-state index is 10.6. The monoisotopic (exact) mass is 373 g/mol. The highest BCUT2D eigenvalue weighted by Crippen LogP contribution is 2.33. The molecule has 0 aromatic heterocycles. The van der Waals surface area contributed by atoms with Gasteiger partial charge in [-0.2, -0.15) is 5.26 Å². The van der Waals surface area contributed by atoms with Crippen molar-refractivity contribution in [2.45, 2.75) is 11.0 Å². The minimum Gasteiger partial charge on any atom is -0.398 e. The molecule has 4 nitrogen and oxygen atoms in total. The van der Waals surface area contributed by atoms with Crippen LogP contribution in [0.5, 0.6) is 0 Å². The van der Waals surface area contributed by atoms with Gasteiger partial charge in [-0.25, -0.2) is 0 Å². The second kappa shape index (κ2) is 8.45. The van der Waals surface area contributed by atoms with Gasteiger partial charge in [-0.1, -0.05) is 72.4 Å². The number of benzene rings is 3. The first-order valence-corrected chi connectivity index (χ1v) is 9.17. The number of para-hydroxylation sites is 1. The molecule has 3 rings (SSSR count). The molecule has 0 saturated carbocycles. The summed E-state index contributed by atoms with van der Waals surface area (Å²) in [4.78, 5) is 0.795. The normalized spacial score (nSPS) is 12.7. The second-order valence-corrected chi connectivity index (χ2v) is 7.01. The van der Waals surface area contributed by atoms with Crippen molar-refractivity contribution < 1.29 is 5.11 Å². The van der Waals surface area contributed by atoms with Crippen LogP contribution in [0.3, 0.4) is 0 Å². The van der Waals surface area contributed by atoms with Crippen LogP contribution in [0.1, 0.15) is 22.8 Å². The summed E-state index contributed by atoms with van der Waals surface area (Å²) in [6, 6.07) is 26.1. The summed E-state index contributed by atoms with van der Waals surface area (Å²) >= 11 is 1.26. The van der Waals surface area contributed by atoms with Gasteiger partial charge in [0.05, 0.1) is 10.6 Å². The average molecular weight is 373 g/mol. The summed E-state index contributed by atoms with van der Waals surface area (Å²) in [5.41, 5.74) is 15.3. The fourth-order valence-electron chi connectivity index (χ4n) is 2.70. The van der Waals surface area contributed by atoms with Gasteiger partial charge in [0.2, 0.25) is 0 Å². The van der Waals surface area contributed by atoms with E-state index < -0.39 is 6.10 Å². The zero-order valence-corrected chi connectivity index (χ0v) is 15.4. The number of aliphatic hydroxyl groups excluding tert-OH is 1. The van der Waals surface area contributed by atoms with Crippen LogP contribution in [0.2, 0.25) is 0 Å². The molecule has 5 N–H and O–H groups in total. The molecular weight excluding hydrogens is 354 g/mol. The Balaban J connectivity index is 1.94. The molecule has 1 unspecified atom stereocenters. The van der Waals surface area contributed by atoms with E-state index in [1.165, 1.54) is 11.8 Å². The lowest BCUT2D eigenvalue weighted by molar-refractivity contribution is 0.220. The van der Waals surface area contributed by atoms with E-state index in [2.05, 4.69) is 6.07 Å². The van der Waals surface area contributed by atoms with Crippen molar-refractivity contribution in [2.24, 2.45) is 5.73 Å². The van der Waals surface area contributed by atoms with Crippen molar-refractivity contribution in [1.82, 2.24) is 0 Å². The molecule has 3 aromatic rings. The SMILES string of the molecule is N#C/C(=C(/N)Sc1ccccc1N)c1cccc(C(O)c2ccccc2)c1. The molecule has 0 aliphatic carbocycles. The van der Waals surface area contributed by atoms with Gasteiger partial charge < -0.3 is 16.6 Å². The van der Waals surface area contributed by atoms with Gasteiger partial charge >= 0.3 is 0 Å². The molecule has 0 fully saturated rings. The number of nitrogens with zero attached hydrogens (tertiary/aromatic N) is 1. The Morgan fingerprint density at radius 2 is 1.59 bits per heavy atom. The highest BCUT2D eigenvalue weighted by molar-refractivity contribution is 8.03. The zero-order chi connectivity index (χ0) is 19.2. The van der Waals surface area contributed by atoms with Crippen molar-refractivity contribution >= 4 is 23.0 Å². The number of hydrogen-bond donors (Lipinski definition) is 3. The minimum atomic E-state index is -0.773. The van der Waals surface area contributed by atoms with E-state index in [0.717, 1.165) is 10.5 Å². The van der Waals surface area contributed by atoms with Crippen LogP contribution in [0.4, 0.5) is 5.69 Å². The summed E-state index contributed by atoms with van der Waals surface area (Å²) in [7, 11) is 0. The Kier molecular flexibility index (Phi) is 5.82. The van der Waals surface area contributed by atoms with Crippen LogP contribution in [0, 0.1) is 11.3 Å². The Labute approximate surface area is 162 Å². The Bertz CT molecular complexity index is 1010. The quantitative estimate of drug-likeness (QED) is 0.352. The molecule has 1 atom stereocenters. The van der Waals surface area contributed by atoms with Crippen molar-refractivity contribution in [3.05, 3.63) is 101 Å². The molecule has 0 spiro atoms. The third kappa shape index (κ3) is 4.32. The van der Waals surface area contributed by atoms with Crippen LogP contribution in [-0.2, 0) is 0 Å². The van der Waals surface area contributed by atoms with Crippen molar-refractivity contribution in [3.63, 3.8) is 0 Å². The highest BCUT2D eigenvalue weighted by Gasteiger charge is 2.14. The minimum absolute atomic E-state index is 0.352. The third-order valence-electron chi connectivity index (χ3n) is 4.10. The molecule has 0 bridgehead atoms. The number of anilines is 1. The van der Waals surface area contributed by atoms with Crippen molar-refractivity contribution in [2.75, 3.05) is 5.73 Å². The van der Waals surface area contributed by atoms with E-state index in [1.807, 2.05) is 66.7 Å². The number of nitrogens with two attached hydrogens (primary N) is 2. The molecule has 0 saturated heterocycles. The topological polar surface area (TPSA) is 96.1 Å². The number of hydrogen-bond acceptors (Lipinski definition) is 5. The lowest BCUT2D eigenvalue weighted by atomic mass is 9.98. The van der Waals surface area contributed by atoms with Gasteiger partial charge in [-0.3, -0.25) is 0 Å². The van der Waals surface area contributed by atoms with Gasteiger partial charge in [-0.15, -0.1) is 0 Å². The molecule has 3 aromatic carbocycles. The number of allylic oxidation sites excluding steroid dienone is 1. The first-order chi connectivity index (χ1) is 13.1. The van der Waals surface area contributed by atoms with Gasteiger partial charge in [0, 0.05) is 10.6 Å². The van der Waals surface area contributed by atoms with E-state index in [-0.39, 0.29) is 0 Å². The zero-order valence-electron chi connectivity index (χ0n) is 14.5. The molecule has 27 heavy (non-hydrogen) atoms. The fraction of sp³-hybridized carbons (Fsp3) is 0.0455. The van der Waals surface area contributed by atoms with Gasteiger partial charge in [-0.05, 0) is 34.9 Å². The number of thioether (sulfide) groups is 1. The Hall–Kier alpha value is -3.20. The largest absolute Gasteiger partial charge is 0.398 e. The average Bonchev–Trinajstić information content (AvgIpc) is 2.70. The molecule has 0 heterocycles. The maximum absolute atomic E-state index is 10.6. The fourth-order valence-corrected chi connectivity index (χ4v) is 3.53. The van der Waals surface area contributed by atoms with E-state index >= 15 is 0 Å². The summed E-state index contributed by atoms with van der Waals surface area (Å²) < 4.78 is 0. The maximum Gasteiger partial charge on any atom is 0.104 e. The Morgan fingerprint density at radius 1 is 0.926 bits per heavy atom. The second-order valence-electron chi connectivity index (χ2n) is 5.93. The molecule has 134 valence electrons. The molecule has 0 amide bonds. The lowest BCUT2D eigenvalue weighted by Crippen LogP contribution is -2.02. The molecule has 0 radical (unpaired) electrons. The van der Waals surface area contributed by atoms with Crippen LogP contribution >= 0.6 is 11.8 Å². The predicted molar refractivity (Wildman–Crippen MR) is 110 cm³/mol. The standard InChI is InChI=1S/C22H19N3OS/c23-14-18(22(25)27-20-12-5-4-11-19(20)24)16-9-6-10-17(13-16)21(26)15-7-2-1-3-8-15/h1-13,21,26H,24-25H2/b22-18+. The number of nitrogen functional groups attached to an aromatic ring is 1. The molecule has 0 aliphatic rings. The van der Waals surface area contributed by atoms with E-state index in [9.17, 15) is 10.4 Å². The van der Waals surface area contributed by atoms with Gasteiger partial charge in [0.1, 0.15) is 12.2 Å². The molecule has 5 heteroatoms. The predicted octanol–water partition coefficient (Wildman–Crippen LogP) is 4.29. The lowest BCUT2D eigenvalue weighted by Gasteiger charge is -2.13. The highest BCUT2D eigenvalue weighted by atomic mass is 32.2. The van der Waals surface area contributed by atoms with Crippen LogP contribution in [0.15, 0.2) is 88.8 Å². The van der Waals surface area contributed by atoms with Crippen LogP contribution < -0.4 is 11.5 Å². The number of rotatable bonds is 5. The van der Waals surface area contributed by atoms with Gasteiger partial charge in [0.15, 0.2) is 0 Å². The number of aliphatic hydroxyl groups is 1. The third-order valence-corrected chi connectivity index (χ3v) is 5.12. The van der Waals surface area contributed by atoms with E-state index in [0.29, 0.717) is 27.4 Å². The van der Waals surface area contributed by atoms with E-state index in [1.54, 1.807) is 12.1 Å². The van der Waals surface area contributed by atoms with Crippen LogP contribution in [0.25, 0.3) is 5.57 Å². The van der Waals surface area contributed by atoms with E-state index in [4.69, 9.17) is 11.5 Å².